The monoisotopic (exact) mass is 510 g/mol. The normalized spacial score (nSPS) is 11.8. The number of thioether (sulfide) groups is 1. The Hall–Kier alpha value is -3.73. The van der Waals surface area contributed by atoms with Gasteiger partial charge in [0.15, 0.2) is 11.0 Å². The van der Waals surface area contributed by atoms with Gasteiger partial charge in [-0.2, -0.15) is 0 Å². The van der Waals surface area contributed by atoms with Crippen LogP contribution in [0.15, 0.2) is 47.6 Å². The van der Waals surface area contributed by atoms with Gasteiger partial charge in [0.2, 0.25) is 5.91 Å². The summed E-state index contributed by atoms with van der Waals surface area (Å²) in [5.41, 5.74) is 2.83. The van der Waals surface area contributed by atoms with Gasteiger partial charge in [0.05, 0.1) is 16.7 Å². The van der Waals surface area contributed by atoms with E-state index in [0.717, 1.165) is 16.8 Å². The molecule has 190 valence electrons. The third-order valence-electron chi connectivity index (χ3n) is 5.69. The van der Waals surface area contributed by atoms with Crippen LogP contribution < -0.4 is 10.6 Å². The Morgan fingerprint density at radius 3 is 2.39 bits per heavy atom. The van der Waals surface area contributed by atoms with Crippen LogP contribution in [-0.2, 0) is 11.3 Å². The summed E-state index contributed by atoms with van der Waals surface area (Å²) in [5.74, 6) is 0.0867. The molecule has 10 nitrogen and oxygen atoms in total. The minimum atomic E-state index is -0.537. The third-order valence-corrected chi connectivity index (χ3v) is 6.66. The van der Waals surface area contributed by atoms with Gasteiger partial charge >= 0.3 is 0 Å². The van der Waals surface area contributed by atoms with E-state index in [0.29, 0.717) is 17.5 Å². The first-order valence-corrected chi connectivity index (χ1v) is 12.6. The van der Waals surface area contributed by atoms with Gasteiger partial charge in [-0.15, -0.1) is 10.2 Å². The smallest absolute Gasteiger partial charge is 0.270 e. The zero-order valence-corrected chi connectivity index (χ0v) is 21.8. The van der Waals surface area contributed by atoms with Crippen LogP contribution in [0.25, 0.3) is 0 Å². The lowest BCUT2D eigenvalue weighted by molar-refractivity contribution is -0.384. The molecular weight excluding hydrogens is 480 g/mol. The second-order valence-corrected chi connectivity index (χ2v) is 9.63. The third kappa shape index (κ3) is 6.28. The van der Waals surface area contributed by atoms with Crippen molar-refractivity contribution in [3.05, 3.63) is 75.1 Å². The van der Waals surface area contributed by atoms with Gasteiger partial charge in [-0.25, -0.2) is 0 Å². The average molecular weight is 511 g/mol. The summed E-state index contributed by atoms with van der Waals surface area (Å²) in [6.45, 7) is 10.3. The van der Waals surface area contributed by atoms with Crippen LogP contribution >= 0.6 is 11.8 Å². The lowest BCUT2D eigenvalue weighted by Gasteiger charge is -2.22. The van der Waals surface area contributed by atoms with Gasteiger partial charge in [-0.05, 0) is 43.9 Å². The van der Waals surface area contributed by atoms with Crippen molar-refractivity contribution in [3.63, 3.8) is 0 Å². The molecule has 0 saturated carbocycles. The number of nitro benzene ring substituents is 1. The maximum Gasteiger partial charge on any atom is 0.270 e. The predicted octanol–water partition coefficient (Wildman–Crippen LogP) is 4.68. The van der Waals surface area contributed by atoms with E-state index in [1.165, 1.54) is 36.0 Å². The van der Waals surface area contributed by atoms with Gasteiger partial charge in [0.25, 0.3) is 11.6 Å². The van der Waals surface area contributed by atoms with Gasteiger partial charge in [0.1, 0.15) is 0 Å². The first kappa shape index (κ1) is 26.9. The Bertz CT molecular complexity index is 1250. The number of non-ortho nitro benzene ring substituents is 1. The van der Waals surface area contributed by atoms with Gasteiger partial charge in [-0.3, -0.25) is 19.7 Å². The first-order valence-electron chi connectivity index (χ1n) is 11.6. The predicted molar refractivity (Wildman–Crippen MR) is 139 cm³/mol. The molecule has 0 radical (unpaired) electrons. The summed E-state index contributed by atoms with van der Waals surface area (Å²) in [4.78, 5) is 36.1. The number of nitrogens with zero attached hydrogens (tertiary/aromatic N) is 4. The van der Waals surface area contributed by atoms with E-state index in [1.807, 2.05) is 57.4 Å². The number of anilines is 1. The Morgan fingerprint density at radius 2 is 1.78 bits per heavy atom. The fraction of sp³-hybridized carbons (Fsp3) is 0.360. The van der Waals surface area contributed by atoms with Crippen molar-refractivity contribution in [2.24, 2.45) is 5.92 Å². The van der Waals surface area contributed by atoms with Crippen LogP contribution in [-0.4, -0.2) is 37.3 Å². The second-order valence-electron chi connectivity index (χ2n) is 8.69. The van der Waals surface area contributed by atoms with Crippen LogP contribution in [0.3, 0.4) is 0 Å². The molecular formula is C25H30N6O4S. The molecule has 0 aliphatic carbocycles. The summed E-state index contributed by atoms with van der Waals surface area (Å²) in [5, 5.41) is 26.2. The molecule has 2 amide bonds. The highest BCUT2D eigenvalue weighted by Crippen LogP contribution is 2.26. The van der Waals surface area contributed by atoms with Crippen molar-refractivity contribution in [3.8, 4) is 0 Å². The quantitative estimate of drug-likeness (QED) is 0.230. The minimum absolute atomic E-state index is 0.0349. The lowest BCUT2D eigenvalue weighted by Crippen LogP contribution is -2.33. The SMILES string of the molecule is CCn1c(SCC(=O)Nc2c(C)cccc2C)nnc1[C@H](NC(=O)c1cccc([N+](=O)[O-])c1)C(C)C. The summed E-state index contributed by atoms with van der Waals surface area (Å²) < 4.78 is 1.87. The number of amides is 2. The summed E-state index contributed by atoms with van der Waals surface area (Å²) in [6.07, 6.45) is 0. The number of carbonyl (C=O) groups is 2. The molecule has 0 saturated heterocycles. The van der Waals surface area contributed by atoms with E-state index in [9.17, 15) is 19.7 Å². The lowest BCUT2D eigenvalue weighted by atomic mass is 10.0. The molecule has 0 aliphatic rings. The largest absolute Gasteiger partial charge is 0.342 e. The molecule has 0 unspecified atom stereocenters. The fourth-order valence-corrected chi connectivity index (χ4v) is 4.58. The maximum absolute atomic E-state index is 12.9. The highest BCUT2D eigenvalue weighted by molar-refractivity contribution is 7.99. The molecule has 3 aromatic rings. The molecule has 0 aliphatic heterocycles. The molecule has 0 spiro atoms. The number of aromatic nitrogens is 3. The van der Waals surface area contributed by atoms with Crippen molar-refractivity contribution in [1.29, 1.82) is 0 Å². The number of carbonyl (C=O) groups excluding carboxylic acids is 2. The molecule has 1 atom stereocenters. The van der Waals surface area contributed by atoms with Crippen LogP contribution in [0.4, 0.5) is 11.4 Å². The number of hydrogen-bond donors (Lipinski definition) is 2. The minimum Gasteiger partial charge on any atom is -0.342 e. The van der Waals surface area contributed by atoms with Gasteiger partial charge < -0.3 is 15.2 Å². The van der Waals surface area contributed by atoms with E-state index >= 15 is 0 Å². The van der Waals surface area contributed by atoms with Gasteiger partial charge in [-0.1, -0.05) is 49.9 Å². The number of hydrogen-bond acceptors (Lipinski definition) is 7. The van der Waals surface area contributed by atoms with E-state index in [-0.39, 0.29) is 28.8 Å². The second kappa shape index (κ2) is 11.8. The zero-order valence-electron chi connectivity index (χ0n) is 20.9. The standard InChI is InChI=1S/C25H30N6O4S/c1-6-30-23(21(15(2)3)27-24(33)18-11-8-12-19(13-18)31(34)35)28-29-25(30)36-14-20(32)26-22-16(4)9-7-10-17(22)5/h7-13,15,21H,6,14H2,1-5H3,(H,26,32)(H,27,33)/t21-/m1/s1. The van der Waals surface area contributed by atoms with Crippen molar-refractivity contribution in [2.75, 3.05) is 11.1 Å². The van der Waals surface area contributed by atoms with Crippen molar-refractivity contribution in [2.45, 2.75) is 52.4 Å². The molecule has 0 bridgehead atoms. The number of nitrogens with one attached hydrogen (secondary N) is 2. The molecule has 2 N–H and O–H groups in total. The molecule has 36 heavy (non-hydrogen) atoms. The topological polar surface area (TPSA) is 132 Å². The average Bonchev–Trinajstić information content (AvgIpc) is 3.25. The number of nitro groups is 1. The maximum atomic E-state index is 12.9. The Balaban J connectivity index is 1.75. The highest BCUT2D eigenvalue weighted by Gasteiger charge is 2.26. The van der Waals surface area contributed by atoms with Crippen molar-refractivity contribution < 1.29 is 14.5 Å². The summed E-state index contributed by atoms with van der Waals surface area (Å²) in [6, 6.07) is 10.9. The molecule has 11 heteroatoms. The van der Waals surface area contributed by atoms with E-state index < -0.39 is 16.9 Å². The van der Waals surface area contributed by atoms with Crippen LogP contribution in [0, 0.1) is 29.9 Å². The fourth-order valence-electron chi connectivity index (χ4n) is 3.77. The summed E-state index contributed by atoms with van der Waals surface area (Å²) >= 11 is 1.27. The van der Waals surface area contributed by atoms with E-state index in [1.54, 1.807) is 0 Å². The van der Waals surface area contributed by atoms with E-state index in [4.69, 9.17) is 0 Å². The number of para-hydroxylation sites is 1. The van der Waals surface area contributed by atoms with Crippen molar-refractivity contribution in [1.82, 2.24) is 20.1 Å². The molecule has 3 rings (SSSR count). The molecule has 2 aromatic carbocycles. The molecule has 1 aromatic heterocycles. The Kier molecular flexibility index (Phi) is 8.81. The van der Waals surface area contributed by atoms with Gasteiger partial charge in [0, 0.05) is 29.9 Å². The van der Waals surface area contributed by atoms with Crippen LogP contribution in [0.5, 0.6) is 0 Å². The molecule has 0 fully saturated rings. The number of aryl methyl sites for hydroxylation is 2. The Labute approximate surface area is 214 Å². The van der Waals surface area contributed by atoms with Crippen LogP contribution in [0.2, 0.25) is 0 Å². The number of rotatable bonds is 10. The zero-order chi connectivity index (χ0) is 26.4. The number of benzene rings is 2. The van der Waals surface area contributed by atoms with Crippen molar-refractivity contribution >= 4 is 35.0 Å². The highest BCUT2D eigenvalue weighted by atomic mass is 32.2. The van der Waals surface area contributed by atoms with E-state index in [2.05, 4.69) is 20.8 Å². The molecule has 1 heterocycles. The van der Waals surface area contributed by atoms with Crippen LogP contribution in [0.1, 0.15) is 54.1 Å². The summed E-state index contributed by atoms with van der Waals surface area (Å²) in [7, 11) is 0. The Morgan fingerprint density at radius 1 is 1.11 bits per heavy atom. The first-order chi connectivity index (χ1) is 17.1.